The van der Waals surface area contributed by atoms with Crippen LogP contribution in [-0.2, 0) is 17.6 Å². The summed E-state index contributed by atoms with van der Waals surface area (Å²) >= 11 is 1.69. The zero-order chi connectivity index (χ0) is 13.9. The van der Waals surface area contributed by atoms with Gasteiger partial charge in [-0.3, -0.25) is 9.69 Å². The summed E-state index contributed by atoms with van der Waals surface area (Å²) in [4.78, 5) is 13.7. The number of aliphatic carboxylic acids is 1. The van der Waals surface area contributed by atoms with E-state index in [1.54, 1.807) is 11.3 Å². The normalized spacial score (nSPS) is 18.7. The molecule has 1 N–H and O–H groups in total. The average molecular weight is 287 g/mol. The molecule has 0 radical (unpaired) electrons. The third-order valence-electron chi connectivity index (χ3n) is 3.88. The summed E-state index contributed by atoms with van der Waals surface area (Å²) in [6.45, 7) is 1.61. The van der Waals surface area contributed by atoms with Gasteiger partial charge in [-0.15, -0.1) is 0 Å². The molecule has 0 fully saturated rings. The standard InChI is InChI=1S/C16H17NO2S/c18-16(19)15-14-4-2-1-3-13(14)6-9-17(15)8-5-12-7-10-20-11-12/h1-4,7,10-11,15H,5-6,8-9H2,(H,18,19). The minimum absolute atomic E-state index is 0.501. The van der Waals surface area contributed by atoms with Gasteiger partial charge in [0.05, 0.1) is 0 Å². The molecular weight excluding hydrogens is 270 g/mol. The fraction of sp³-hybridized carbons (Fsp3) is 0.312. The number of rotatable bonds is 4. The number of nitrogens with zero attached hydrogens (tertiary/aromatic N) is 1. The van der Waals surface area contributed by atoms with Gasteiger partial charge in [0.2, 0.25) is 0 Å². The molecule has 0 spiro atoms. The molecular formula is C16H17NO2S. The Balaban J connectivity index is 1.79. The molecule has 2 heterocycles. The second kappa shape index (κ2) is 5.77. The lowest BCUT2D eigenvalue weighted by Crippen LogP contribution is -2.40. The van der Waals surface area contributed by atoms with Gasteiger partial charge >= 0.3 is 5.97 Å². The molecule has 0 saturated carbocycles. The molecule has 0 bridgehead atoms. The van der Waals surface area contributed by atoms with Gasteiger partial charge in [0.1, 0.15) is 6.04 Å². The molecule has 1 aromatic heterocycles. The summed E-state index contributed by atoms with van der Waals surface area (Å²) in [7, 11) is 0. The molecule has 1 unspecified atom stereocenters. The summed E-state index contributed by atoms with van der Waals surface area (Å²) in [5.41, 5.74) is 3.42. The highest BCUT2D eigenvalue weighted by Gasteiger charge is 2.32. The number of carboxylic acid groups (broad SMARTS) is 1. The second-order valence-electron chi connectivity index (χ2n) is 5.11. The fourth-order valence-electron chi connectivity index (χ4n) is 2.86. The third kappa shape index (κ3) is 2.62. The summed E-state index contributed by atoms with van der Waals surface area (Å²) in [5, 5.41) is 13.8. The van der Waals surface area contributed by atoms with E-state index in [1.165, 1.54) is 11.1 Å². The van der Waals surface area contributed by atoms with E-state index in [2.05, 4.69) is 21.7 Å². The van der Waals surface area contributed by atoms with Crippen LogP contribution in [-0.4, -0.2) is 29.1 Å². The van der Waals surface area contributed by atoms with Gasteiger partial charge in [-0.25, -0.2) is 0 Å². The van der Waals surface area contributed by atoms with Crippen LogP contribution in [0.1, 0.15) is 22.7 Å². The zero-order valence-electron chi connectivity index (χ0n) is 11.2. The van der Waals surface area contributed by atoms with E-state index in [0.29, 0.717) is 0 Å². The van der Waals surface area contributed by atoms with Gasteiger partial charge in [0.15, 0.2) is 0 Å². The predicted octanol–water partition coefficient (Wildman–Crippen LogP) is 2.97. The Hall–Kier alpha value is -1.65. The number of thiophene rings is 1. The smallest absolute Gasteiger partial charge is 0.325 e. The number of fused-ring (bicyclic) bond motifs is 1. The number of carboxylic acids is 1. The molecule has 0 saturated heterocycles. The highest BCUT2D eigenvalue weighted by Crippen LogP contribution is 2.30. The van der Waals surface area contributed by atoms with Crippen LogP contribution in [0, 0.1) is 0 Å². The molecule has 1 aliphatic rings. The van der Waals surface area contributed by atoms with Crippen molar-refractivity contribution in [3.8, 4) is 0 Å². The van der Waals surface area contributed by atoms with Crippen LogP contribution in [0.2, 0.25) is 0 Å². The van der Waals surface area contributed by atoms with E-state index in [1.807, 2.05) is 24.3 Å². The number of benzene rings is 1. The van der Waals surface area contributed by atoms with Crippen molar-refractivity contribution in [3.05, 3.63) is 57.8 Å². The monoisotopic (exact) mass is 287 g/mol. The molecule has 20 heavy (non-hydrogen) atoms. The molecule has 0 amide bonds. The number of carbonyl (C=O) groups is 1. The maximum Gasteiger partial charge on any atom is 0.325 e. The summed E-state index contributed by atoms with van der Waals surface area (Å²) in [5.74, 6) is -0.748. The average Bonchev–Trinajstić information content (AvgIpc) is 2.97. The van der Waals surface area contributed by atoms with Crippen molar-refractivity contribution in [1.29, 1.82) is 0 Å². The van der Waals surface area contributed by atoms with Crippen molar-refractivity contribution in [2.24, 2.45) is 0 Å². The number of hydrogen-bond acceptors (Lipinski definition) is 3. The Morgan fingerprint density at radius 2 is 2.20 bits per heavy atom. The van der Waals surface area contributed by atoms with Gasteiger partial charge in [-0.2, -0.15) is 11.3 Å². The van der Waals surface area contributed by atoms with Crippen molar-refractivity contribution in [2.45, 2.75) is 18.9 Å². The van der Waals surface area contributed by atoms with Crippen LogP contribution in [0.4, 0.5) is 0 Å². The van der Waals surface area contributed by atoms with Crippen LogP contribution in [0.25, 0.3) is 0 Å². The highest BCUT2D eigenvalue weighted by atomic mass is 32.1. The molecule has 1 atom stereocenters. The van der Waals surface area contributed by atoms with Gasteiger partial charge in [-0.05, 0) is 46.4 Å². The maximum absolute atomic E-state index is 11.6. The van der Waals surface area contributed by atoms with E-state index in [-0.39, 0.29) is 0 Å². The maximum atomic E-state index is 11.6. The first kappa shape index (κ1) is 13.3. The first-order chi connectivity index (χ1) is 9.75. The minimum atomic E-state index is -0.748. The fourth-order valence-corrected chi connectivity index (χ4v) is 3.56. The number of hydrogen-bond donors (Lipinski definition) is 1. The molecule has 1 aromatic carbocycles. The lowest BCUT2D eigenvalue weighted by molar-refractivity contribution is -0.144. The van der Waals surface area contributed by atoms with Crippen LogP contribution >= 0.6 is 11.3 Å². The largest absolute Gasteiger partial charge is 0.480 e. The second-order valence-corrected chi connectivity index (χ2v) is 5.89. The Morgan fingerprint density at radius 3 is 2.95 bits per heavy atom. The van der Waals surface area contributed by atoms with Crippen LogP contribution in [0.5, 0.6) is 0 Å². The van der Waals surface area contributed by atoms with Crippen molar-refractivity contribution >= 4 is 17.3 Å². The Bertz CT molecular complexity index is 594. The topological polar surface area (TPSA) is 40.5 Å². The molecule has 2 aromatic rings. The Kier molecular flexibility index (Phi) is 3.85. The highest BCUT2D eigenvalue weighted by molar-refractivity contribution is 7.07. The van der Waals surface area contributed by atoms with Crippen molar-refractivity contribution in [2.75, 3.05) is 13.1 Å². The Labute approximate surface area is 122 Å². The first-order valence-electron chi connectivity index (χ1n) is 6.81. The molecule has 3 nitrogen and oxygen atoms in total. The van der Waals surface area contributed by atoms with Crippen molar-refractivity contribution < 1.29 is 9.90 Å². The van der Waals surface area contributed by atoms with E-state index < -0.39 is 12.0 Å². The van der Waals surface area contributed by atoms with Gasteiger partial charge in [0.25, 0.3) is 0 Å². The zero-order valence-corrected chi connectivity index (χ0v) is 12.0. The quantitative estimate of drug-likeness (QED) is 0.940. The van der Waals surface area contributed by atoms with Crippen LogP contribution in [0.15, 0.2) is 41.1 Å². The van der Waals surface area contributed by atoms with E-state index in [4.69, 9.17) is 0 Å². The molecule has 1 aliphatic heterocycles. The molecule has 3 rings (SSSR count). The molecule has 0 aliphatic carbocycles. The van der Waals surface area contributed by atoms with Crippen molar-refractivity contribution in [3.63, 3.8) is 0 Å². The van der Waals surface area contributed by atoms with Crippen LogP contribution < -0.4 is 0 Å². The van der Waals surface area contributed by atoms with Gasteiger partial charge in [-0.1, -0.05) is 24.3 Å². The van der Waals surface area contributed by atoms with Gasteiger partial charge in [0, 0.05) is 13.1 Å². The summed E-state index contributed by atoms with van der Waals surface area (Å²) < 4.78 is 0. The summed E-state index contributed by atoms with van der Waals surface area (Å²) in [6, 6.07) is 9.51. The van der Waals surface area contributed by atoms with Crippen molar-refractivity contribution in [1.82, 2.24) is 4.90 Å². The van der Waals surface area contributed by atoms with E-state index in [0.717, 1.165) is 31.5 Å². The van der Waals surface area contributed by atoms with E-state index >= 15 is 0 Å². The summed E-state index contributed by atoms with van der Waals surface area (Å²) in [6.07, 6.45) is 1.85. The van der Waals surface area contributed by atoms with Crippen LogP contribution in [0.3, 0.4) is 0 Å². The first-order valence-corrected chi connectivity index (χ1v) is 7.76. The Morgan fingerprint density at radius 1 is 1.35 bits per heavy atom. The molecule has 104 valence electrons. The van der Waals surface area contributed by atoms with Gasteiger partial charge < -0.3 is 5.11 Å². The minimum Gasteiger partial charge on any atom is -0.480 e. The third-order valence-corrected chi connectivity index (χ3v) is 4.62. The van der Waals surface area contributed by atoms with E-state index in [9.17, 15) is 9.90 Å². The predicted molar refractivity (Wildman–Crippen MR) is 80.1 cm³/mol. The SMILES string of the molecule is O=C(O)C1c2ccccc2CCN1CCc1ccsc1. The lowest BCUT2D eigenvalue weighted by Gasteiger charge is -2.34. The lowest BCUT2D eigenvalue weighted by atomic mass is 9.92. The molecule has 4 heteroatoms.